The molecular weight excluding hydrogens is 344 g/mol. The minimum absolute atomic E-state index is 0.0535. The molecule has 1 aromatic carbocycles. The van der Waals surface area contributed by atoms with Crippen molar-refractivity contribution >= 4 is 17.5 Å². The lowest BCUT2D eigenvalue weighted by molar-refractivity contribution is -0.128. The lowest BCUT2D eigenvalue weighted by Crippen LogP contribution is -2.28. The van der Waals surface area contributed by atoms with Gasteiger partial charge < -0.3 is 14.6 Å². The molecule has 0 saturated carbocycles. The molecule has 3 heterocycles. The number of carbonyl (C=O) groups is 2. The van der Waals surface area contributed by atoms with E-state index in [0.717, 1.165) is 5.56 Å². The second-order valence-electron chi connectivity index (χ2n) is 6.41. The predicted octanol–water partition coefficient (Wildman–Crippen LogP) is 2.72. The Hall–Kier alpha value is -3.48. The van der Waals surface area contributed by atoms with E-state index in [2.05, 4.69) is 15.3 Å². The Labute approximate surface area is 156 Å². The van der Waals surface area contributed by atoms with Gasteiger partial charge in [-0.25, -0.2) is 9.97 Å². The van der Waals surface area contributed by atoms with Crippen LogP contribution in [0.1, 0.15) is 12.2 Å². The number of rotatable bonds is 5. The van der Waals surface area contributed by atoms with E-state index in [1.54, 1.807) is 29.6 Å². The number of benzene rings is 1. The lowest BCUT2D eigenvalue weighted by atomic mass is 10.1. The summed E-state index contributed by atoms with van der Waals surface area (Å²) in [6.45, 7) is 0.749. The number of amides is 2. The molecule has 27 heavy (non-hydrogen) atoms. The summed E-state index contributed by atoms with van der Waals surface area (Å²) in [7, 11) is 0. The number of aromatic nitrogens is 2. The van der Waals surface area contributed by atoms with E-state index in [-0.39, 0.29) is 18.2 Å². The molecule has 3 aromatic rings. The molecule has 7 nitrogen and oxygen atoms in total. The number of anilines is 1. The third kappa shape index (κ3) is 3.87. The summed E-state index contributed by atoms with van der Waals surface area (Å²) < 4.78 is 5.27. The Bertz CT molecular complexity index is 924. The zero-order valence-corrected chi connectivity index (χ0v) is 14.5. The molecule has 1 fully saturated rings. The van der Waals surface area contributed by atoms with Crippen molar-refractivity contribution < 1.29 is 14.0 Å². The van der Waals surface area contributed by atoms with Crippen molar-refractivity contribution in [3.63, 3.8) is 0 Å². The summed E-state index contributed by atoms with van der Waals surface area (Å²) in [5.74, 6) is 0.633. The first kappa shape index (κ1) is 17.0. The zero-order valence-electron chi connectivity index (χ0n) is 14.5. The zero-order chi connectivity index (χ0) is 18.6. The molecule has 0 spiro atoms. The number of likely N-dealkylation sites (tertiary alicyclic amines) is 1. The number of hydrogen-bond donors (Lipinski definition) is 1. The van der Waals surface area contributed by atoms with Crippen LogP contribution in [0.2, 0.25) is 0 Å². The summed E-state index contributed by atoms with van der Waals surface area (Å²) in [4.78, 5) is 34.9. The Balaban J connectivity index is 1.37. The Kier molecular flexibility index (Phi) is 4.65. The topological polar surface area (TPSA) is 88.3 Å². The molecule has 1 N–H and O–H groups in total. The minimum atomic E-state index is -0.402. The maximum Gasteiger partial charge on any atom is 0.229 e. The third-order valence-corrected chi connectivity index (χ3v) is 4.46. The number of hydrogen-bond acceptors (Lipinski definition) is 5. The normalized spacial score (nSPS) is 16.5. The van der Waals surface area contributed by atoms with Crippen LogP contribution in [0.3, 0.4) is 0 Å². The fourth-order valence-corrected chi connectivity index (χ4v) is 3.06. The van der Waals surface area contributed by atoms with Gasteiger partial charge in [0.15, 0.2) is 5.82 Å². The molecule has 0 radical (unpaired) electrons. The quantitative estimate of drug-likeness (QED) is 0.754. The van der Waals surface area contributed by atoms with Crippen molar-refractivity contribution in [3.05, 3.63) is 66.9 Å². The molecule has 1 aliphatic heterocycles. The van der Waals surface area contributed by atoms with E-state index in [4.69, 9.17) is 4.42 Å². The molecule has 2 amide bonds. The van der Waals surface area contributed by atoms with Gasteiger partial charge in [0.25, 0.3) is 0 Å². The van der Waals surface area contributed by atoms with Crippen LogP contribution in [0.25, 0.3) is 11.4 Å². The van der Waals surface area contributed by atoms with Crippen LogP contribution in [-0.2, 0) is 16.1 Å². The number of nitrogens with zero attached hydrogens (tertiary/aromatic N) is 3. The average Bonchev–Trinajstić information content (AvgIpc) is 3.34. The summed E-state index contributed by atoms with van der Waals surface area (Å²) >= 11 is 0. The van der Waals surface area contributed by atoms with Gasteiger partial charge in [-0.15, -0.1) is 0 Å². The molecule has 1 atom stereocenters. The fraction of sp³-hybridized carbons (Fsp3) is 0.200. The Morgan fingerprint density at radius 1 is 1.15 bits per heavy atom. The van der Waals surface area contributed by atoms with Gasteiger partial charge in [-0.05, 0) is 12.1 Å². The summed E-state index contributed by atoms with van der Waals surface area (Å²) in [6.07, 6.45) is 4.91. The van der Waals surface area contributed by atoms with E-state index in [0.29, 0.717) is 30.4 Å². The maximum atomic E-state index is 12.5. The van der Waals surface area contributed by atoms with Crippen LogP contribution in [-0.4, -0.2) is 33.2 Å². The fourth-order valence-electron chi connectivity index (χ4n) is 3.06. The second kappa shape index (κ2) is 7.41. The van der Waals surface area contributed by atoms with E-state index in [9.17, 15) is 9.59 Å². The van der Waals surface area contributed by atoms with Crippen LogP contribution in [0, 0.1) is 5.92 Å². The molecule has 2 aromatic heterocycles. The molecular formula is C20H18N4O3. The van der Waals surface area contributed by atoms with E-state index >= 15 is 0 Å². The van der Waals surface area contributed by atoms with Gasteiger partial charge in [0.05, 0.1) is 36.8 Å². The van der Waals surface area contributed by atoms with Gasteiger partial charge in [0.1, 0.15) is 5.76 Å². The monoisotopic (exact) mass is 362 g/mol. The Morgan fingerprint density at radius 2 is 1.93 bits per heavy atom. The van der Waals surface area contributed by atoms with Crippen molar-refractivity contribution in [1.29, 1.82) is 0 Å². The van der Waals surface area contributed by atoms with Crippen LogP contribution in [0.4, 0.5) is 5.69 Å². The average molecular weight is 362 g/mol. The lowest BCUT2D eigenvalue weighted by Gasteiger charge is -2.15. The molecule has 1 unspecified atom stereocenters. The van der Waals surface area contributed by atoms with Crippen LogP contribution < -0.4 is 5.32 Å². The highest BCUT2D eigenvalue weighted by Crippen LogP contribution is 2.22. The van der Waals surface area contributed by atoms with E-state index in [1.807, 2.05) is 36.4 Å². The van der Waals surface area contributed by atoms with Gasteiger partial charge in [-0.2, -0.15) is 0 Å². The minimum Gasteiger partial charge on any atom is -0.467 e. The van der Waals surface area contributed by atoms with Gasteiger partial charge in [-0.3, -0.25) is 9.59 Å². The molecule has 1 aliphatic rings. The standard InChI is InChI=1S/C20H18N4O3/c25-18-9-15(12-24(18)13-17-7-4-8-27-17)20(26)23-16-10-21-19(22-11-16)14-5-2-1-3-6-14/h1-8,10-11,15H,9,12-13H2,(H,23,26). The van der Waals surface area contributed by atoms with Crippen molar-refractivity contribution in [3.8, 4) is 11.4 Å². The SMILES string of the molecule is O=C(Nc1cnc(-c2ccccc2)nc1)C1CC(=O)N(Cc2ccco2)C1. The van der Waals surface area contributed by atoms with E-state index in [1.165, 1.54) is 0 Å². The summed E-state index contributed by atoms with van der Waals surface area (Å²) in [5.41, 5.74) is 1.42. The largest absolute Gasteiger partial charge is 0.467 e. The highest BCUT2D eigenvalue weighted by molar-refractivity contribution is 5.97. The number of nitrogens with one attached hydrogen (secondary N) is 1. The van der Waals surface area contributed by atoms with Crippen LogP contribution in [0.5, 0.6) is 0 Å². The smallest absolute Gasteiger partial charge is 0.229 e. The molecule has 0 aliphatic carbocycles. The first-order valence-electron chi connectivity index (χ1n) is 8.67. The molecule has 0 bridgehead atoms. The highest BCUT2D eigenvalue weighted by Gasteiger charge is 2.34. The van der Waals surface area contributed by atoms with Gasteiger partial charge in [0.2, 0.25) is 11.8 Å². The summed E-state index contributed by atoms with van der Waals surface area (Å²) in [6, 6.07) is 13.2. The van der Waals surface area contributed by atoms with Crippen LogP contribution >= 0.6 is 0 Å². The van der Waals surface area contributed by atoms with Crippen molar-refractivity contribution in [2.45, 2.75) is 13.0 Å². The predicted molar refractivity (Wildman–Crippen MR) is 98.3 cm³/mol. The highest BCUT2D eigenvalue weighted by atomic mass is 16.3. The summed E-state index contributed by atoms with van der Waals surface area (Å²) in [5, 5.41) is 2.80. The number of furan rings is 1. The first-order valence-corrected chi connectivity index (χ1v) is 8.67. The van der Waals surface area contributed by atoms with Crippen molar-refractivity contribution in [2.75, 3.05) is 11.9 Å². The molecule has 136 valence electrons. The van der Waals surface area contributed by atoms with Gasteiger partial charge in [0, 0.05) is 18.5 Å². The second-order valence-corrected chi connectivity index (χ2v) is 6.41. The number of carbonyl (C=O) groups excluding carboxylic acids is 2. The molecule has 1 saturated heterocycles. The van der Waals surface area contributed by atoms with Crippen molar-refractivity contribution in [2.24, 2.45) is 5.92 Å². The third-order valence-electron chi connectivity index (χ3n) is 4.46. The maximum absolute atomic E-state index is 12.5. The molecule has 4 rings (SSSR count). The van der Waals surface area contributed by atoms with Gasteiger partial charge >= 0.3 is 0 Å². The van der Waals surface area contributed by atoms with E-state index < -0.39 is 5.92 Å². The van der Waals surface area contributed by atoms with Gasteiger partial charge in [-0.1, -0.05) is 30.3 Å². The first-order chi connectivity index (χ1) is 13.2. The molecule has 7 heteroatoms. The van der Waals surface area contributed by atoms with Crippen LogP contribution in [0.15, 0.2) is 65.5 Å². The Morgan fingerprint density at radius 3 is 2.63 bits per heavy atom. The van der Waals surface area contributed by atoms with Crippen molar-refractivity contribution in [1.82, 2.24) is 14.9 Å².